The SMILES string of the molecule is CCCOC(=O)c1ccc(OCC(=O)N/N=C2\CC(=O)CC(C)(C)C2)cc1. The van der Waals surface area contributed by atoms with Gasteiger partial charge in [0.25, 0.3) is 5.91 Å². The fourth-order valence-electron chi connectivity index (χ4n) is 2.87. The molecule has 0 unspecified atom stereocenters. The summed E-state index contributed by atoms with van der Waals surface area (Å²) in [6.45, 7) is 6.10. The van der Waals surface area contributed by atoms with Gasteiger partial charge in [-0.2, -0.15) is 5.10 Å². The van der Waals surface area contributed by atoms with Crippen LogP contribution in [0.15, 0.2) is 29.4 Å². The molecule has 1 saturated carbocycles. The standard InChI is InChI=1S/C20H26N2O5/c1-4-9-26-19(25)14-5-7-17(8-6-14)27-13-18(24)22-21-15-10-16(23)12-20(2,3)11-15/h5-8H,4,9-13H2,1-3H3,(H,22,24)/b21-15+. The number of nitrogens with one attached hydrogen (secondary N) is 1. The van der Waals surface area contributed by atoms with E-state index in [-0.39, 0.29) is 30.2 Å². The fraction of sp³-hybridized carbons (Fsp3) is 0.500. The van der Waals surface area contributed by atoms with Crippen LogP contribution in [0.4, 0.5) is 0 Å². The average Bonchev–Trinajstić information content (AvgIpc) is 2.61. The first-order chi connectivity index (χ1) is 12.8. The van der Waals surface area contributed by atoms with E-state index in [0.29, 0.717) is 36.5 Å². The lowest BCUT2D eigenvalue weighted by atomic mass is 9.76. The zero-order valence-electron chi connectivity index (χ0n) is 16.0. The van der Waals surface area contributed by atoms with E-state index in [1.54, 1.807) is 24.3 Å². The zero-order valence-corrected chi connectivity index (χ0v) is 16.0. The number of benzene rings is 1. The lowest BCUT2D eigenvalue weighted by molar-refractivity contribution is -0.123. The van der Waals surface area contributed by atoms with Crippen LogP contribution in [0.2, 0.25) is 0 Å². The van der Waals surface area contributed by atoms with Crippen LogP contribution in [-0.4, -0.2) is 36.6 Å². The highest BCUT2D eigenvalue weighted by Gasteiger charge is 2.30. The monoisotopic (exact) mass is 374 g/mol. The zero-order chi connectivity index (χ0) is 19.9. The van der Waals surface area contributed by atoms with Crippen molar-refractivity contribution in [3.63, 3.8) is 0 Å². The third-order valence-corrected chi connectivity index (χ3v) is 4.00. The summed E-state index contributed by atoms with van der Waals surface area (Å²) in [5, 5.41) is 4.06. The summed E-state index contributed by atoms with van der Waals surface area (Å²) in [6.07, 6.45) is 2.25. The molecule has 0 bridgehead atoms. The molecule has 0 spiro atoms. The van der Waals surface area contributed by atoms with Crippen molar-refractivity contribution < 1.29 is 23.9 Å². The second kappa shape index (κ2) is 9.30. The number of hydrogen-bond acceptors (Lipinski definition) is 6. The van der Waals surface area contributed by atoms with E-state index >= 15 is 0 Å². The quantitative estimate of drug-likeness (QED) is 0.585. The molecule has 7 nitrogen and oxygen atoms in total. The topological polar surface area (TPSA) is 94.1 Å². The Bertz CT molecular complexity index is 722. The summed E-state index contributed by atoms with van der Waals surface area (Å²) in [7, 11) is 0. The summed E-state index contributed by atoms with van der Waals surface area (Å²) in [5.74, 6) is -0.210. The van der Waals surface area contributed by atoms with Gasteiger partial charge in [0.1, 0.15) is 11.5 Å². The largest absolute Gasteiger partial charge is 0.484 e. The molecule has 1 aliphatic carbocycles. The number of esters is 1. The van der Waals surface area contributed by atoms with E-state index in [0.717, 1.165) is 6.42 Å². The van der Waals surface area contributed by atoms with Gasteiger partial charge < -0.3 is 9.47 Å². The van der Waals surface area contributed by atoms with Crippen LogP contribution in [0.5, 0.6) is 5.75 Å². The molecule has 0 aliphatic heterocycles. The van der Waals surface area contributed by atoms with Gasteiger partial charge >= 0.3 is 5.97 Å². The second-order valence-corrected chi connectivity index (χ2v) is 7.40. The second-order valence-electron chi connectivity index (χ2n) is 7.40. The Morgan fingerprint density at radius 2 is 1.89 bits per heavy atom. The van der Waals surface area contributed by atoms with E-state index in [1.807, 2.05) is 20.8 Å². The van der Waals surface area contributed by atoms with Gasteiger partial charge in [-0.3, -0.25) is 9.59 Å². The molecule has 1 aliphatic rings. The molecule has 1 amide bonds. The molecular weight excluding hydrogens is 348 g/mol. The van der Waals surface area contributed by atoms with Gasteiger partial charge in [0.05, 0.1) is 12.2 Å². The number of hydrazone groups is 1. The van der Waals surface area contributed by atoms with Crippen LogP contribution in [0.25, 0.3) is 0 Å². The highest BCUT2D eigenvalue weighted by molar-refractivity contribution is 6.05. The molecule has 7 heteroatoms. The summed E-state index contributed by atoms with van der Waals surface area (Å²) in [4.78, 5) is 35.3. The van der Waals surface area contributed by atoms with Crippen molar-refractivity contribution in [1.82, 2.24) is 5.43 Å². The molecule has 146 valence electrons. The third-order valence-electron chi connectivity index (χ3n) is 4.00. The Balaban J connectivity index is 1.81. The highest BCUT2D eigenvalue weighted by atomic mass is 16.5. The molecule has 1 aromatic carbocycles. The van der Waals surface area contributed by atoms with E-state index in [1.165, 1.54) is 0 Å². The van der Waals surface area contributed by atoms with Crippen molar-refractivity contribution in [2.75, 3.05) is 13.2 Å². The van der Waals surface area contributed by atoms with E-state index < -0.39 is 5.91 Å². The number of nitrogens with zero attached hydrogens (tertiary/aromatic N) is 1. The summed E-state index contributed by atoms with van der Waals surface area (Å²) in [6, 6.07) is 6.37. The van der Waals surface area contributed by atoms with Crippen molar-refractivity contribution >= 4 is 23.4 Å². The first-order valence-electron chi connectivity index (χ1n) is 9.05. The number of ketones is 1. The summed E-state index contributed by atoms with van der Waals surface area (Å²) >= 11 is 0. The smallest absolute Gasteiger partial charge is 0.338 e. The van der Waals surface area contributed by atoms with Gasteiger partial charge in [-0.1, -0.05) is 20.8 Å². The maximum Gasteiger partial charge on any atom is 0.338 e. The Morgan fingerprint density at radius 3 is 2.52 bits per heavy atom. The average molecular weight is 374 g/mol. The Kier molecular flexibility index (Phi) is 7.10. The Labute approximate surface area is 159 Å². The van der Waals surface area contributed by atoms with Gasteiger partial charge in [-0.05, 0) is 42.5 Å². The number of rotatable bonds is 7. The van der Waals surface area contributed by atoms with Crippen molar-refractivity contribution in [3.05, 3.63) is 29.8 Å². The number of carbonyl (C=O) groups is 3. The number of ether oxygens (including phenoxy) is 2. The third kappa shape index (κ3) is 6.84. The molecule has 1 fully saturated rings. The van der Waals surface area contributed by atoms with Crippen LogP contribution in [0.1, 0.15) is 56.8 Å². The minimum atomic E-state index is -0.412. The van der Waals surface area contributed by atoms with Crippen molar-refractivity contribution in [2.45, 2.75) is 46.5 Å². The first kappa shape index (κ1) is 20.6. The molecular formula is C20H26N2O5. The molecule has 0 heterocycles. The fourth-order valence-corrected chi connectivity index (χ4v) is 2.87. The predicted molar refractivity (Wildman–Crippen MR) is 101 cm³/mol. The predicted octanol–water partition coefficient (Wildman–Crippen LogP) is 2.88. The number of hydrogen-bond donors (Lipinski definition) is 1. The minimum Gasteiger partial charge on any atom is -0.484 e. The molecule has 1 N–H and O–H groups in total. The van der Waals surface area contributed by atoms with E-state index in [9.17, 15) is 14.4 Å². The number of amides is 1. The molecule has 0 saturated heterocycles. The molecule has 2 rings (SSSR count). The van der Waals surface area contributed by atoms with Gasteiger partial charge in [0.2, 0.25) is 0 Å². The normalized spacial score (nSPS) is 17.4. The summed E-state index contributed by atoms with van der Waals surface area (Å²) in [5.41, 5.74) is 3.41. The van der Waals surface area contributed by atoms with Crippen LogP contribution in [0, 0.1) is 5.41 Å². The van der Waals surface area contributed by atoms with Gasteiger partial charge in [0, 0.05) is 18.6 Å². The van der Waals surface area contributed by atoms with E-state index in [4.69, 9.17) is 9.47 Å². The maximum atomic E-state index is 11.9. The van der Waals surface area contributed by atoms with Crippen molar-refractivity contribution in [2.24, 2.45) is 10.5 Å². The van der Waals surface area contributed by atoms with Crippen LogP contribution >= 0.6 is 0 Å². The van der Waals surface area contributed by atoms with Crippen LogP contribution < -0.4 is 10.2 Å². The maximum absolute atomic E-state index is 11.9. The number of carbonyl (C=O) groups excluding carboxylic acids is 3. The van der Waals surface area contributed by atoms with Gasteiger partial charge in [0.15, 0.2) is 6.61 Å². The Morgan fingerprint density at radius 1 is 1.19 bits per heavy atom. The van der Waals surface area contributed by atoms with Crippen molar-refractivity contribution in [3.8, 4) is 5.75 Å². The molecule has 0 atom stereocenters. The molecule has 0 aromatic heterocycles. The first-order valence-corrected chi connectivity index (χ1v) is 9.05. The molecule has 0 radical (unpaired) electrons. The molecule has 1 aromatic rings. The van der Waals surface area contributed by atoms with Crippen LogP contribution in [-0.2, 0) is 14.3 Å². The lowest BCUT2D eigenvalue weighted by Gasteiger charge is -2.28. The Hall–Kier alpha value is -2.70. The number of Topliss-reactive ketones (excluding diaryl/α,β-unsaturated/α-hetero) is 1. The van der Waals surface area contributed by atoms with E-state index in [2.05, 4.69) is 10.5 Å². The highest BCUT2D eigenvalue weighted by Crippen LogP contribution is 2.31. The minimum absolute atomic E-state index is 0.130. The van der Waals surface area contributed by atoms with Crippen molar-refractivity contribution in [1.29, 1.82) is 0 Å². The van der Waals surface area contributed by atoms with Crippen LogP contribution in [0.3, 0.4) is 0 Å². The lowest BCUT2D eigenvalue weighted by Crippen LogP contribution is -2.32. The summed E-state index contributed by atoms with van der Waals surface area (Å²) < 4.78 is 10.4. The van der Waals surface area contributed by atoms with Gasteiger partial charge in [-0.25, -0.2) is 10.2 Å². The molecule has 27 heavy (non-hydrogen) atoms. The van der Waals surface area contributed by atoms with Gasteiger partial charge in [-0.15, -0.1) is 0 Å².